The van der Waals surface area contributed by atoms with E-state index in [-0.39, 0.29) is 11.3 Å². The summed E-state index contributed by atoms with van der Waals surface area (Å²) < 4.78 is 0. The van der Waals surface area contributed by atoms with Crippen LogP contribution >= 0.6 is 11.6 Å². The van der Waals surface area contributed by atoms with E-state index in [2.05, 4.69) is 5.32 Å². The number of nitro benzene ring substituents is 1. The van der Waals surface area contributed by atoms with E-state index in [0.717, 1.165) is 0 Å². The zero-order chi connectivity index (χ0) is 17.9. The van der Waals surface area contributed by atoms with Crippen LogP contribution in [0.25, 0.3) is 0 Å². The second-order valence-corrected chi connectivity index (χ2v) is 5.66. The molecule has 24 heavy (non-hydrogen) atoms. The van der Waals surface area contributed by atoms with E-state index in [1.54, 1.807) is 18.2 Å². The number of hydrogen-bond acceptors (Lipinski definition) is 4. The molecule has 0 aromatic heterocycles. The summed E-state index contributed by atoms with van der Waals surface area (Å²) in [4.78, 5) is 34.8. The van der Waals surface area contributed by atoms with Crippen molar-refractivity contribution < 1.29 is 14.5 Å². The molecule has 0 saturated carbocycles. The van der Waals surface area contributed by atoms with Gasteiger partial charge in [0.15, 0.2) is 0 Å². The molecule has 0 aliphatic rings. The first-order valence-electron chi connectivity index (χ1n) is 6.87. The minimum Gasteiger partial charge on any atom is -0.367 e. The van der Waals surface area contributed by atoms with Gasteiger partial charge in [-0.3, -0.25) is 19.7 Å². The second-order valence-electron chi connectivity index (χ2n) is 5.23. The molecule has 1 atom stereocenters. The number of para-hydroxylation sites is 1. The van der Waals surface area contributed by atoms with E-state index in [9.17, 15) is 19.7 Å². The van der Waals surface area contributed by atoms with Gasteiger partial charge < -0.3 is 11.1 Å². The Balaban J connectivity index is 2.44. The van der Waals surface area contributed by atoms with Gasteiger partial charge in [-0.1, -0.05) is 35.9 Å². The number of halogens is 1. The molecule has 0 spiro atoms. The van der Waals surface area contributed by atoms with Crippen LogP contribution in [0.1, 0.15) is 22.8 Å². The number of nitrogens with two attached hydrogens (primary N) is 1. The molecule has 0 fully saturated rings. The highest BCUT2D eigenvalue weighted by Crippen LogP contribution is 2.25. The number of primary amides is 1. The fraction of sp³-hybridized carbons (Fsp3) is 0.125. The maximum atomic E-state index is 12.5. The van der Waals surface area contributed by atoms with Gasteiger partial charge in [-0.25, -0.2) is 0 Å². The Morgan fingerprint density at radius 1 is 1.21 bits per heavy atom. The van der Waals surface area contributed by atoms with Gasteiger partial charge in [0.25, 0.3) is 11.6 Å². The second kappa shape index (κ2) is 6.67. The van der Waals surface area contributed by atoms with Crippen LogP contribution in [-0.4, -0.2) is 16.7 Å². The summed E-state index contributed by atoms with van der Waals surface area (Å²) in [6.07, 6.45) is 0. The summed E-state index contributed by atoms with van der Waals surface area (Å²) in [6.45, 7) is 1.41. The molecule has 0 saturated heterocycles. The number of carbonyl (C=O) groups excluding carboxylic acids is 2. The highest BCUT2D eigenvalue weighted by molar-refractivity contribution is 6.30. The largest absolute Gasteiger partial charge is 0.367 e. The molecule has 0 bridgehead atoms. The number of benzene rings is 2. The Morgan fingerprint density at radius 2 is 1.88 bits per heavy atom. The molecule has 0 aliphatic heterocycles. The predicted octanol–water partition coefficient (Wildman–Crippen LogP) is 2.38. The summed E-state index contributed by atoms with van der Waals surface area (Å²) in [5, 5.41) is 13.9. The molecule has 7 nitrogen and oxygen atoms in total. The Morgan fingerprint density at radius 3 is 2.46 bits per heavy atom. The molecular weight excluding hydrogens is 334 g/mol. The fourth-order valence-corrected chi connectivity index (χ4v) is 2.39. The lowest BCUT2D eigenvalue weighted by Gasteiger charge is -2.28. The van der Waals surface area contributed by atoms with Crippen LogP contribution in [0.3, 0.4) is 0 Å². The number of hydrogen-bond donors (Lipinski definition) is 2. The minimum absolute atomic E-state index is 0.169. The van der Waals surface area contributed by atoms with Crippen molar-refractivity contribution in [1.29, 1.82) is 0 Å². The molecule has 0 radical (unpaired) electrons. The fourth-order valence-electron chi connectivity index (χ4n) is 2.19. The number of rotatable bonds is 5. The Hall–Kier alpha value is -2.93. The van der Waals surface area contributed by atoms with Crippen molar-refractivity contribution in [3.05, 3.63) is 74.8 Å². The van der Waals surface area contributed by atoms with Crippen LogP contribution in [0.2, 0.25) is 5.02 Å². The van der Waals surface area contributed by atoms with Gasteiger partial charge in [-0.05, 0) is 30.7 Å². The normalized spacial score (nSPS) is 12.9. The number of nitro groups is 1. The van der Waals surface area contributed by atoms with Crippen LogP contribution in [0.5, 0.6) is 0 Å². The first kappa shape index (κ1) is 17.4. The average molecular weight is 348 g/mol. The zero-order valence-corrected chi connectivity index (χ0v) is 13.4. The Bertz CT molecular complexity index is 824. The van der Waals surface area contributed by atoms with Crippen molar-refractivity contribution in [2.75, 3.05) is 0 Å². The van der Waals surface area contributed by atoms with Crippen molar-refractivity contribution in [2.24, 2.45) is 5.73 Å². The number of amides is 2. The standard InChI is InChI=1S/C16H14ClN3O4/c1-16(15(18)22,10-5-4-6-11(17)9-10)19-14(21)12-7-2-3-8-13(12)20(23)24/h2-9H,1H3,(H2,18,22)(H,19,21). The number of nitrogens with zero attached hydrogens (tertiary/aromatic N) is 1. The Labute approximate surface area is 142 Å². The smallest absolute Gasteiger partial charge is 0.282 e. The van der Waals surface area contributed by atoms with Gasteiger partial charge in [-0.15, -0.1) is 0 Å². The zero-order valence-electron chi connectivity index (χ0n) is 12.7. The highest BCUT2D eigenvalue weighted by atomic mass is 35.5. The molecule has 1 unspecified atom stereocenters. The van der Waals surface area contributed by atoms with E-state index >= 15 is 0 Å². The van der Waals surface area contributed by atoms with Gasteiger partial charge in [0.1, 0.15) is 11.1 Å². The van der Waals surface area contributed by atoms with Crippen molar-refractivity contribution in [2.45, 2.75) is 12.5 Å². The Kier molecular flexibility index (Phi) is 4.85. The average Bonchev–Trinajstić information content (AvgIpc) is 2.54. The third-order valence-electron chi connectivity index (χ3n) is 3.60. The van der Waals surface area contributed by atoms with Crippen molar-refractivity contribution in [3.8, 4) is 0 Å². The maximum absolute atomic E-state index is 12.5. The van der Waals surface area contributed by atoms with Crippen LogP contribution in [0, 0.1) is 10.1 Å². The third kappa shape index (κ3) is 3.36. The van der Waals surface area contributed by atoms with Crippen LogP contribution < -0.4 is 11.1 Å². The summed E-state index contributed by atoms with van der Waals surface area (Å²) in [5.74, 6) is -1.61. The van der Waals surface area contributed by atoms with Crippen molar-refractivity contribution in [3.63, 3.8) is 0 Å². The molecule has 2 aromatic rings. The van der Waals surface area contributed by atoms with E-state index in [4.69, 9.17) is 17.3 Å². The molecule has 8 heteroatoms. The molecule has 124 valence electrons. The highest BCUT2D eigenvalue weighted by Gasteiger charge is 2.36. The first-order valence-corrected chi connectivity index (χ1v) is 7.25. The van der Waals surface area contributed by atoms with Crippen LogP contribution in [0.15, 0.2) is 48.5 Å². The lowest BCUT2D eigenvalue weighted by Crippen LogP contribution is -2.52. The number of nitrogens with one attached hydrogen (secondary N) is 1. The molecule has 0 heterocycles. The molecule has 2 aromatic carbocycles. The molecular formula is C16H14ClN3O4. The van der Waals surface area contributed by atoms with Crippen LogP contribution in [-0.2, 0) is 10.3 Å². The van der Waals surface area contributed by atoms with E-state index in [1.165, 1.54) is 37.3 Å². The predicted molar refractivity (Wildman–Crippen MR) is 88.6 cm³/mol. The van der Waals surface area contributed by atoms with E-state index in [0.29, 0.717) is 10.6 Å². The van der Waals surface area contributed by atoms with Crippen molar-refractivity contribution in [1.82, 2.24) is 5.32 Å². The summed E-state index contributed by atoms with van der Waals surface area (Å²) >= 11 is 5.92. The van der Waals surface area contributed by atoms with E-state index < -0.39 is 22.3 Å². The van der Waals surface area contributed by atoms with Crippen molar-refractivity contribution >= 4 is 29.1 Å². The van der Waals surface area contributed by atoms with Gasteiger partial charge in [0.05, 0.1) is 4.92 Å². The van der Waals surface area contributed by atoms with E-state index in [1.807, 2.05) is 0 Å². The van der Waals surface area contributed by atoms with Gasteiger partial charge >= 0.3 is 0 Å². The quantitative estimate of drug-likeness (QED) is 0.638. The lowest BCUT2D eigenvalue weighted by molar-refractivity contribution is -0.385. The minimum atomic E-state index is -1.58. The summed E-state index contributed by atoms with van der Waals surface area (Å²) in [5.41, 5.74) is 3.70. The molecule has 2 amide bonds. The van der Waals surface area contributed by atoms with Gasteiger partial charge in [0, 0.05) is 11.1 Å². The monoisotopic (exact) mass is 347 g/mol. The summed E-state index contributed by atoms with van der Waals surface area (Å²) in [7, 11) is 0. The molecule has 3 N–H and O–H groups in total. The lowest BCUT2D eigenvalue weighted by atomic mass is 9.90. The maximum Gasteiger partial charge on any atom is 0.282 e. The SMILES string of the molecule is CC(NC(=O)c1ccccc1[N+](=O)[O-])(C(N)=O)c1cccc(Cl)c1. The van der Waals surface area contributed by atoms with Crippen LogP contribution in [0.4, 0.5) is 5.69 Å². The molecule has 0 aliphatic carbocycles. The molecule has 2 rings (SSSR count). The third-order valence-corrected chi connectivity index (χ3v) is 3.84. The first-order chi connectivity index (χ1) is 11.3. The summed E-state index contributed by atoms with van der Waals surface area (Å²) in [6, 6.07) is 11.7. The van der Waals surface area contributed by atoms with Gasteiger partial charge in [0.2, 0.25) is 5.91 Å². The topological polar surface area (TPSA) is 115 Å². The number of carbonyl (C=O) groups is 2. The van der Waals surface area contributed by atoms with Gasteiger partial charge in [-0.2, -0.15) is 0 Å².